The van der Waals surface area contributed by atoms with Crippen LogP contribution >= 0.6 is 0 Å². The maximum atomic E-state index is 15.5. The van der Waals surface area contributed by atoms with Gasteiger partial charge in [0.1, 0.15) is 66.5 Å². The summed E-state index contributed by atoms with van der Waals surface area (Å²) in [5.41, 5.74) is 41.7. The summed E-state index contributed by atoms with van der Waals surface area (Å²) in [4.78, 5) is 196. The van der Waals surface area contributed by atoms with E-state index in [2.05, 4.69) is 99.4 Å². The molecule has 0 saturated carbocycles. The quantitative estimate of drug-likeness (QED) is 0.0148. The average Bonchev–Trinajstić information content (AvgIpc) is 1.63. The molecule has 10 rings (SSSR count). The Labute approximate surface area is 787 Å². The van der Waals surface area contributed by atoms with Crippen LogP contribution in [0, 0.1) is 34.0 Å². The molecule has 0 aliphatic heterocycles. The Hall–Kier alpha value is -14.8. The first-order valence-corrected chi connectivity index (χ1v) is 46.3. The first-order valence-electron chi connectivity index (χ1n) is 46.3. The molecule has 10 aromatic rings. The highest BCUT2D eigenvalue weighted by molar-refractivity contribution is 6.02. The lowest BCUT2D eigenvalue weighted by molar-refractivity contribution is -0.137. The summed E-state index contributed by atoms with van der Waals surface area (Å²) in [6, 6.07) is 20.0. The highest BCUT2D eigenvalue weighted by Crippen LogP contribution is 2.27. The molecule has 0 fully saturated rings. The zero-order valence-corrected chi connectivity index (χ0v) is 77.6. The number of aromatic amines is 5. The van der Waals surface area contributed by atoms with Gasteiger partial charge >= 0.3 is 0 Å². The number of aromatic nitrogens is 5. The molecule has 14 atom stereocenters. The van der Waals surface area contributed by atoms with Gasteiger partial charge in [-0.3, -0.25) is 73.8 Å². The van der Waals surface area contributed by atoms with Crippen molar-refractivity contribution in [1.82, 2.24) is 99.4 Å². The van der Waals surface area contributed by atoms with Crippen LogP contribution in [0.3, 0.4) is 0 Å². The van der Waals surface area contributed by atoms with Crippen LogP contribution in [0.25, 0.3) is 54.5 Å². The van der Waals surface area contributed by atoms with Gasteiger partial charge in [-0.25, -0.2) is 0 Å². The number of carbonyl (C=O) groups excluding carboxylic acids is 12. The maximum absolute atomic E-state index is 15.5. The summed E-state index contributed by atoms with van der Waals surface area (Å²) >= 11 is 0. The van der Waals surface area contributed by atoms with E-state index in [4.69, 9.17) is 50.6 Å². The topological polar surface area (TPSA) is 680 Å². The van der Waals surface area contributed by atoms with Crippen LogP contribution in [0.1, 0.15) is 140 Å². The van der Waals surface area contributed by atoms with Gasteiger partial charge in [-0.15, -0.1) is 0 Å². The third-order valence-corrected chi connectivity index (χ3v) is 24.7. The number of amides is 12. The number of hydrogen-bond donors (Lipinski definition) is 28. The van der Waals surface area contributed by atoms with E-state index in [0.29, 0.717) is 75.3 Å². The van der Waals surface area contributed by atoms with E-state index in [-0.39, 0.29) is 121 Å². The number of H-pyrrole nitrogens is 5. The number of nitrogens with one attached hydrogen (secondary N) is 22. The van der Waals surface area contributed by atoms with Gasteiger partial charge in [0, 0.05) is 137 Å². The van der Waals surface area contributed by atoms with Crippen molar-refractivity contribution in [2.24, 2.45) is 52.2 Å². The Morgan fingerprint density at radius 2 is 0.544 bits per heavy atom. The molecule has 0 aliphatic carbocycles. The second-order valence-corrected chi connectivity index (χ2v) is 35.0. The maximum Gasteiger partial charge on any atom is 0.243 e. The number of fused-ring (bicyclic) bond motifs is 5. The molecule has 0 radical (unpaired) electrons. The number of para-hydroxylation sites is 5. The van der Waals surface area contributed by atoms with E-state index >= 15 is 43.2 Å². The highest BCUT2D eigenvalue weighted by atomic mass is 16.2. The number of carbonyl (C=O) groups is 12. The van der Waals surface area contributed by atoms with Gasteiger partial charge in [-0.2, -0.15) is 0 Å². The first-order chi connectivity index (χ1) is 65.2. The zero-order valence-electron chi connectivity index (χ0n) is 77.6. The molecule has 12 amide bonds. The smallest absolute Gasteiger partial charge is 0.243 e. The third kappa shape index (κ3) is 29.1. The molecule has 0 saturated heterocycles. The van der Waals surface area contributed by atoms with E-state index in [9.17, 15) is 14.4 Å². The fraction of sp³-hybridized carbons (Fsp3) is 0.427. The van der Waals surface area contributed by atoms with Crippen molar-refractivity contribution in [3.63, 3.8) is 0 Å². The molecule has 5 heterocycles. The van der Waals surface area contributed by atoms with Crippen molar-refractivity contribution in [3.05, 3.63) is 180 Å². The molecular weight excluding hydrogens is 1740 g/mol. The van der Waals surface area contributed by atoms with Gasteiger partial charge < -0.3 is 134 Å². The molecule has 0 aliphatic rings. The lowest BCUT2D eigenvalue weighted by atomic mass is 9.95. The van der Waals surface area contributed by atoms with Gasteiger partial charge in [-0.1, -0.05) is 145 Å². The second kappa shape index (κ2) is 50.3. The lowest BCUT2D eigenvalue weighted by Gasteiger charge is -2.31. The fourth-order valence-electron chi connectivity index (χ4n) is 16.6. The van der Waals surface area contributed by atoms with Crippen molar-refractivity contribution in [1.29, 1.82) is 16.2 Å². The molecular formula is C96H132N28O12. The molecule has 40 heteroatoms. The number of guanidine groups is 3. The summed E-state index contributed by atoms with van der Waals surface area (Å²) in [6.45, 7) is 11.1. The van der Waals surface area contributed by atoms with E-state index in [1.807, 2.05) is 109 Å². The van der Waals surface area contributed by atoms with E-state index in [0.717, 1.165) is 32.7 Å². The van der Waals surface area contributed by atoms with Gasteiger partial charge in [0.15, 0.2) is 17.9 Å². The summed E-state index contributed by atoms with van der Waals surface area (Å²) in [6.07, 6.45) is 9.91. The summed E-state index contributed by atoms with van der Waals surface area (Å²) in [5.74, 6) is -12.7. The number of hydrogen-bond acceptors (Lipinski definition) is 17. The second-order valence-electron chi connectivity index (χ2n) is 35.0. The standard InChI is InChI=1S/C96H132N28O12/c1-7-53(5)80(123-85(128)72(35-19-20-38-97)115-87(130)76(44-57-49-111-68-32-16-11-26-62(57)68)120-88(131)74(42-55-47-109-66-30-14-9-24-60(55)66)117-83(126)65(98)29-21-39-106-94(100)101)93(136)121-78(46-59-51-113-70-34-18-13-28-64(59)70)90(133)122-79(52(3)4)91(134)124-81(54(6)8-2)92(135)116-73(37-23-41-108-96(104)105)84(127)118-77(45-58-50-112-69-33-17-12-27-63(58)69)89(132)119-75(43-56-48-110-67-31-15-10-25-61(56)67)86(129)114-71(82(99)125)36-22-40-107-95(102)103/h9-18,24-28,30-34,47-54,65,71-81,109-113H,7-8,19-23,29,35-46,97-98H2,1-6H3,(H2,99,125)(H,114,129)(H,115,130)(H,116,135)(H,117,126)(H,118,127)(H,119,132)(H,120,131)(H,121,136)(H,122,133)(H,123,128)(H,124,134)(H4,100,101,106)(H4,102,103,107)(H4,104,105,108)/t53-,54-,65-,71-,72-,73-,74-,75-,76-,77-,78-,79-,80-,81-/m0/s1. The van der Waals surface area contributed by atoms with Crippen LogP contribution < -0.4 is 109 Å². The van der Waals surface area contributed by atoms with Crippen molar-refractivity contribution in [2.75, 3.05) is 26.2 Å². The van der Waals surface area contributed by atoms with Crippen molar-refractivity contribution in [2.45, 2.75) is 217 Å². The van der Waals surface area contributed by atoms with Crippen LogP contribution in [0.4, 0.5) is 0 Å². The minimum absolute atomic E-state index is 0.00167. The van der Waals surface area contributed by atoms with Crippen LogP contribution in [0.2, 0.25) is 0 Å². The minimum Gasteiger partial charge on any atom is -0.370 e. The van der Waals surface area contributed by atoms with E-state index in [1.54, 1.807) is 84.7 Å². The number of benzene rings is 5. The first kappa shape index (κ1) is 103. The summed E-state index contributed by atoms with van der Waals surface area (Å²) in [5, 5.41) is 66.3. The minimum atomic E-state index is -1.50. The highest BCUT2D eigenvalue weighted by Gasteiger charge is 2.41. The molecule has 728 valence electrons. The SMILES string of the molecule is CC[C@H](C)[C@H](NC(=O)[C@H](CCCCN)NC(=O)[C@H](Cc1c[nH]c2ccccc12)NC(=O)[C@H](Cc1c[nH]c2ccccc12)NC(=O)[C@@H](N)CCCNC(=N)N)C(=O)N[C@@H](Cc1c[nH]c2ccccc12)C(=O)N[C@H](C(=O)N[C@H](C(=O)N[C@@H](CCCNC(=N)N)C(=O)N[C@@H](Cc1c[nH]c2ccccc12)C(=O)N[C@@H](Cc1c[nH]c2ccccc12)C(=O)N[C@@H](CCCNC(=N)N)C(N)=O)[C@@H](C)CC)C(C)C. The number of nitrogens with two attached hydrogens (primary N) is 6. The predicted molar refractivity (Wildman–Crippen MR) is 523 cm³/mol. The van der Waals surface area contributed by atoms with Crippen molar-refractivity contribution >= 4 is 143 Å². The van der Waals surface area contributed by atoms with E-state index < -0.39 is 161 Å². The molecule has 5 aromatic heterocycles. The third-order valence-electron chi connectivity index (χ3n) is 24.7. The van der Waals surface area contributed by atoms with Crippen LogP contribution in [-0.4, -0.2) is 212 Å². The largest absolute Gasteiger partial charge is 0.370 e. The fourth-order valence-corrected chi connectivity index (χ4v) is 16.6. The van der Waals surface area contributed by atoms with Gasteiger partial charge in [0.2, 0.25) is 70.9 Å². The molecule has 0 bridgehead atoms. The Balaban J connectivity index is 0.897. The van der Waals surface area contributed by atoms with Gasteiger partial charge in [-0.05, 0) is 140 Å². The Kier molecular flexibility index (Phi) is 38.2. The van der Waals surface area contributed by atoms with Crippen LogP contribution in [0.5, 0.6) is 0 Å². The molecule has 40 nitrogen and oxygen atoms in total. The van der Waals surface area contributed by atoms with Crippen molar-refractivity contribution < 1.29 is 57.5 Å². The Bertz CT molecular complexity index is 5830. The summed E-state index contributed by atoms with van der Waals surface area (Å²) < 4.78 is 0. The zero-order chi connectivity index (χ0) is 98.2. The monoisotopic (exact) mass is 1870 g/mol. The van der Waals surface area contributed by atoms with Crippen LogP contribution in [0.15, 0.2) is 152 Å². The lowest BCUT2D eigenvalue weighted by Crippen LogP contribution is -2.63. The Morgan fingerprint density at radius 1 is 0.301 bits per heavy atom. The van der Waals surface area contributed by atoms with Gasteiger partial charge in [0.05, 0.1) is 6.04 Å². The normalized spacial score (nSPS) is 14.5. The summed E-state index contributed by atoms with van der Waals surface area (Å²) in [7, 11) is 0. The molecule has 5 aromatic carbocycles. The molecule has 34 N–H and O–H groups in total. The number of rotatable bonds is 54. The number of primary amides is 1. The predicted octanol–water partition coefficient (Wildman–Crippen LogP) is 2.42. The van der Waals surface area contributed by atoms with E-state index in [1.165, 1.54) is 0 Å². The van der Waals surface area contributed by atoms with Crippen LogP contribution in [-0.2, 0) is 89.6 Å². The number of unbranched alkanes of at least 4 members (excludes halogenated alkanes) is 1. The molecule has 136 heavy (non-hydrogen) atoms. The molecule has 0 spiro atoms. The average molecular weight is 1870 g/mol. The Morgan fingerprint density at radius 3 is 0.860 bits per heavy atom. The van der Waals surface area contributed by atoms with Gasteiger partial charge in [0.25, 0.3) is 0 Å². The molecule has 0 unspecified atom stereocenters. The van der Waals surface area contributed by atoms with Crippen molar-refractivity contribution in [3.8, 4) is 0 Å².